The Hall–Kier alpha value is -4.16. The van der Waals surface area contributed by atoms with Crippen LogP contribution in [0.3, 0.4) is 0 Å². The quantitative estimate of drug-likeness (QED) is 0.349. The maximum Gasteiger partial charge on any atom is 0.403 e. The van der Waals surface area contributed by atoms with Crippen molar-refractivity contribution < 1.29 is 26.5 Å². The Labute approximate surface area is 187 Å². The van der Waals surface area contributed by atoms with Crippen molar-refractivity contribution in [3.63, 3.8) is 0 Å². The van der Waals surface area contributed by atoms with Gasteiger partial charge in [-0.2, -0.15) is 28.2 Å². The van der Waals surface area contributed by atoms with Crippen LogP contribution in [0, 0.1) is 5.82 Å². The van der Waals surface area contributed by atoms with Crippen LogP contribution in [0.1, 0.15) is 24.3 Å². The molecule has 0 spiro atoms. The third-order valence-electron chi connectivity index (χ3n) is 5.73. The predicted octanol–water partition coefficient (Wildman–Crippen LogP) is 4.31. The van der Waals surface area contributed by atoms with Crippen molar-refractivity contribution in [1.29, 1.82) is 0 Å². The number of benzene rings is 1. The van der Waals surface area contributed by atoms with Crippen LogP contribution in [0.15, 0.2) is 51.6 Å². The molecule has 172 valence electrons. The fourth-order valence-electron chi connectivity index (χ4n) is 3.70. The minimum Gasteiger partial charge on any atom is -0.420 e. The van der Waals surface area contributed by atoms with Crippen molar-refractivity contribution in [1.82, 2.24) is 35.1 Å². The molecule has 0 atom stereocenters. The van der Waals surface area contributed by atoms with Gasteiger partial charge >= 0.3 is 6.18 Å². The minimum atomic E-state index is -4.48. The highest BCUT2D eigenvalue weighted by Gasteiger charge is 2.67. The second-order valence-corrected chi connectivity index (χ2v) is 7.91. The predicted molar refractivity (Wildman–Crippen MR) is 107 cm³/mol. The van der Waals surface area contributed by atoms with E-state index in [0.717, 1.165) is 0 Å². The Kier molecular flexibility index (Phi) is 4.31. The van der Waals surface area contributed by atoms with Crippen molar-refractivity contribution in [2.75, 3.05) is 0 Å². The van der Waals surface area contributed by atoms with Crippen molar-refractivity contribution in [2.45, 2.75) is 31.0 Å². The molecule has 1 aliphatic rings. The van der Waals surface area contributed by atoms with Crippen LogP contribution in [0.4, 0.5) is 17.6 Å². The molecule has 9 nitrogen and oxygen atoms in total. The molecule has 0 amide bonds. The number of fused-ring (bicyclic) bond motifs is 1. The van der Waals surface area contributed by atoms with Crippen LogP contribution in [0.5, 0.6) is 0 Å². The smallest absolute Gasteiger partial charge is 0.403 e. The Balaban J connectivity index is 1.41. The van der Waals surface area contributed by atoms with Gasteiger partial charge in [-0.1, -0.05) is 23.4 Å². The number of aromatic nitrogens is 7. The number of nitrogens with zero attached hydrogens (tertiary/aromatic N) is 7. The number of rotatable bonds is 5. The molecule has 1 aliphatic carbocycles. The summed E-state index contributed by atoms with van der Waals surface area (Å²) in [5, 5.41) is 16.2. The normalized spacial score (nSPS) is 15.2. The van der Waals surface area contributed by atoms with Gasteiger partial charge in [-0.25, -0.2) is 4.39 Å². The maximum absolute atomic E-state index is 14.2. The Morgan fingerprint density at radius 1 is 1.03 bits per heavy atom. The lowest BCUT2D eigenvalue weighted by molar-refractivity contribution is -0.165. The van der Waals surface area contributed by atoms with Crippen LogP contribution in [-0.4, -0.2) is 41.3 Å². The van der Waals surface area contributed by atoms with Crippen LogP contribution in [-0.2, 0) is 12.0 Å². The molecule has 1 saturated carbocycles. The van der Waals surface area contributed by atoms with E-state index in [0.29, 0.717) is 17.0 Å². The largest absolute Gasteiger partial charge is 0.420 e. The highest BCUT2D eigenvalue weighted by atomic mass is 19.4. The number of hydrogen-bond acceptors (Lipinski definition) is 8. The summed E-state index contributed by atoms with van der Waals surface area (Å²) in [5.74, 6) is -0.871. The van der Waals surface area contributed by atoms with Gasteiger partial charge in [0.15, 0.2) is 0 Å². The van der Waals surface area contributed by atoms with E-state index < -0.39 is 23.3 Å². The minimum absolute atomic E-state index is 0.00378. The van der Waals surface area contributed by atoms with Crippen molar-refractivity contribution in [3.8, 4) is 22.9 Å². The molecule has 5 aromatic rings. The summed E-state index contributed by atoms with van der Waals surface area (Å²) in [6.45, 7) is 0.0745. The number of hydrogen-bond donors (Lipinski definition) is 0. The van der Waals surface area contributed by atoms with Gasteiger partial charge in [-0.15, -0.1) is 10.2 Å². The molecular weight excluding hydrogens is 458 g/mol. The number of halogens is 4. The van der Waals surface area contributed by atoms with Gasteiger partial charge in [0.05, 0.1) is 12.2 Å². The molecule has 4 heterocycles. The first kappa shape index (κ1) is 20.4. The molecule has 1 aromatic carbocycles. The summed E-state index contributed by atoms with van der Waals surface area (Å²) in [7, 11) is 0. The summed E-state index contributed by atoms with van der Waals surface area (Å²) in [6, 6.07) is 9.45. The summed E-state index contributed by atoms with van der Waals surface area (Å²) in [6.07, 6.45) is -3.32. The van der Waals surface area contributed by atoms with Crippen LogP contribution >= 0.6 is 0 Å². The van der Waals surface area contributed by atoms with Crippen molar-refractivity contribution in [2.24, 2.45) is 0 Å². The first-order chi connectivity index (χ1) is 16.3. The van der Waals surface area contributed by atoms with E-state index in [1.54, 1.807) is 30.3 Å². The molecule has 0 radical (unpaired) electrons. The van der Waals surface area contributed by atoms with Gasteiger partial charge in [-0.05, 0) is 25.0 Å². The maximum atomic E-state index is 14.2. The second-order valence-electron chi connectivity index (χ2n) is 7.91. The highest BCUT2D eigenvalue weighted by Crippen LogP contribution is 2.58. The zero-order valence-electron chi connectivity index (χ0n) is 17.1. The van der Waals surface area contributed by atoms with E-state index in [2.05, 4.69) is 30.4 Å². The summed E-state index contributed by atoms with van der Waals surface area (Å²) in [5.41, 5.74) is -0.859. The number of oxazole rings is 1. The van der Waals surface area contributed by atoms with E-state index in [-0.39, 0.29) is 42.3 Å². The molecule has 0 N–H and O–H groups in total. The van der Waals surface area contributed by atoms with Crippen LogP contribution in [0.2, 0.25) is 0 Å². The molecule has 0 saturated heterocycles. The third kappa shape index (κ3) is 3.23. The third-order valence-corrected chi connectivity index (χ3v) is 5.73. The van der Waals surface area contributed by atoms with Gasteiger partial charge in [0.25, 0.3) is 5.71 Å². The zero-order chi connectivity index (χ0) is 23.5. The zero-order valence-corrected chi connectivity index (χ0v) is 17.1. The number of alkyl halides is 3. The molecule has 6 rings (SSSR count). The van der Waals surface area contributed by atoms with Crippen LogP contribution in [0.25, 0.3) is 34.3 Å². The van der Waals surface area contributed by atoms with E-state index in [4.69, 9.17) is 8.94 Å². The van der Waals surface area contributed by atoms with E-state index in [1.165, 1.54) is 17.0 Å². The van der Waals surface area contributed by atoms with E-state index >= 15 is 0 Å². The lowest BCUT2D eigenvalue weighted by Crippen LogP contribution is -2.28. The standard InChI is InChI=1S/C21H13F4N7O2/c22-12-4-2-1-3-11(12)10-32-15(13-5-8-33-31-13)9-14(30-32)16-26-18-17(29-28-16)27-19(34-18)20(6-7-20)21(23,24)25/h1-5,8-9H,6-7,10H2. The first-order valence-corrected chi connectivity index (χ1v) is 10.1. The van der Waals surface area contributed by atoms with Gasteiger partial charge in [-0.3, -0.25) is 4.68 Å². The summed E-state index contributed by atoms with van der Waals surface area (Å²) < 4.78 is 66.3. The lowest BCUT2D eigenvalue weighted by Gasteiger charge is -2.14. The summed E-state index contributed by atoms with van der Waals surface area (Å²) in [4.78, 5) is 8.05. The van der Waals surface area contributed by atoms with E-state index in [1.807, 2.05) is 0 Å². The average molecular weight is 471 g/mol. The molecule has 0 unspecified atom stereocenters. The molecular formula is C21H13F4N7O2. The fourth-order valence-corrected chi connectivity index (χ4v) is 3.70. The highest BCUT2D eigenvalue weighted by molar-refractivity contribution is 5.67. The van der Waals surface area contributed by atoms with Crippen LogP contribution < -0.4 is 0 Å². The molecule has 34 heavy (non-hydrogen) atoms. The molecule has 0 aliphatic heterocycles. The van der Waals surface area contributed by atoms with E-state index in [9.17, 15) is 17.6 Å². The van der Waals surface area contributed by atoms with Crippen molar-refractivity contribution >= 4 is 11.4 Å². The van der Waals surface area contributed by atoms with Gasteiger partial charge < -0.3 is 8.94 Å². The SMILES string of the molecule is Fc1ccccc1Cn1nc(-c2nnc3nc(C4(C(F)(F)F)CC4)oc3n2)cc1-c1ccon1. The van der Waals surface area contributed by atoms with Gasteiger partial charge in [0.2, 0.25) is 17.4 Å². The summed E-state index contributed by atoms with van der Waals surface area (Å²) >= 11 is 0. The Morgan fingerprint density at radius 2 is 1.85 bits per heavy atom. The fraction of sp³-hybridized carbons (Fsp3) is 0.238. The second kappa shape index (κ2) is 7.17. The van der Waals surface area contributed by atoms with Gasteiger partial charge in [0, 0.05) is 11.6 Å². The molecule has 13 heteroatoms. The molecule has 0 bridgehead atoms. The average Bonchev–Trinajstić information content (AvgIpc) is 3.15. The molecule has 1 fully saturated rings. The molecule has 4 aromatic heterocycles. The van der Waals surface area contributed by atoms with Crippen molar-refractivity contribution in [3.05, 3.63) is 59.9 Å². The first-order valence-electron chi connectivity index (χ1n) is 10.1. The lowest BCUT2D eigenvalue weighted by atomic mass is 10.1. The monoisotopic (exact) mass is 471 g/mol. The topological polar surface area (TPSA) is 109 Å². The Bertz CT molecular complexity index is 1500. The van der Waals surface area contributed by atoms with Gasteiger partial charge in [0.1, 0.15) is 28.9 Å². The Morgan fingerprint density at radius 3 is 2.56 bits per heavy atom.